The minimum Gasteiger partial charge on any atom is -0.303 e. The zero-order chi connectivity index (χ0) is 9.07. The maximum Gasteiger partial charge on any atom is 0.0669 e. The van der Waals surface area contributed by atoms with Crippen LogP contribution in [0.1, 0.15) is 13.3 Å². The van der Waals surface area contributed by atoms with E-state index < -0.39 is 8.07 Å². The van der Waals surface area contributed by atoms with E-state index in [1.165, 1.54) is 6.42 Å². The Kier molecular flexibility index (Phi) is 4.29. The van der Waals surface area contributed by atoms with Crippen LogP contribution < -0.4 is 0 Å². The fourth-order valence-electron chi connectivity index (χ4n) is 1.54. The third-order valence-corrected chi connectivity index (χ3v) is 4.88. The van der Waals surface area contributed by atoms with Crippen molar-refractivity contribution in [3.63, 3.8) is 0 Å². The molecule has 0 saturated heterocycles. The van der Waals surface area contributed by atoms with Gasteiger partial charge in [-0.25, -0.2) is 0 Å². The Labute approximate surface area is 71.5 Å². The molecule has 0 aliphatic rings. The summed E-state index contributed by atoms with van der Waals surface area (Å²) in [5.41, 5.74) is 0.632. The molecule has 0 aliphatic carbocycles. The Hall–Kier alpha value is 0.137. The summed E-state index contributed by atoms with van der Waals surface area (Å²) < 4.78 is 0. The zero-order valence-corrected chi connectivity index (χ0v) is 9.64. The highest BCUT2D eigenvalue weighted by atomic mass is 28.3. The van der Waals surface area contributed by atoms with Crippen LogP contribution in [0.4, 0.5) is 0 Å². The third kappa shape index (κ3) is 3.36. The summed E-state index contributed by atoms with van der Waals surface area (Å²) in [5.74, 6) is 0. The first-order chi connectivity index (χ1) is 4.93. The molecule has 1 atom stereocenters. The fourth-order valence-corrected chi connectivity index (χ4v) is 3.96. The Balaban J connectivity index is 4.16. The van der Waals surface area contributed by atoms with Gasteiger partial charge in [-0.1, -0.05) is 26.6 Å². The molecule has 0 rings (SSSR count). The van der Waals surface area contributed by atoms with E-state index in [2.05, 4.69) is 26.6 Å². The molecular weight excluding hydrogens is 154 g/mol. The van der Waals surface area contributed by atoms with Crippen LogP contribution in [0.5, 0.6) is 0 Å². The SMILES string of the molecule is CCC(N(C)OC)[Si](C)(C)C. The van der Waals surface area contributed by atoms with E-state index in [0.717, 1.165) is 0 Å². The molecule has 0 spiro atoms. The Morgan fingerprint density at radius 3 is 1.91 bits per heavy atom. The van der Waals surface area contributed by atoms with Gasteiger partial charge in [0.05, 0.1) is 15.2 Å². The Morgan fingerprint density at radius 2 is 1.82 bits per heavy atom. The van der Waals surface area contributed by atoms with E-state index in [0.29, 0.717) is 5.67 Å². The molecule has 0 saturated carbocycles. The monoisotopic (exact) mass is 175 g/mol. The van der Waals surface area contributed by atoms with Crippen molar-refractivity contribution in [3.05, 3.63) is 0 Å². The second-order valence-electron chi connectivity index (χ2n) is 4.02. The maximum absolute atomic E-state index is 5.20. The lowest BCUT2D eigenvalue weighted by Crippen LogP contribution is -2.48. The fraction of sp³-hybridized carbons (Fsp3) is 1.00. The van der Waals surface area contributed by atoms with E-state index in [-0.39, 0.29) is 0 Å². The highest BCUT2D eigenvalue weighted by Crippen LogP contribution is 2.16. The molecule has 0 aromatic heterocycles. The van der Waals surface area contributed by atoms with Crippen molar-refractivity contribution >= 4 is 8.07 Å². The quantitative estimate of drug-likeness (QED) is 0.479. The molecule has 0 aromatic rings. The Bertz CT molecular complexity index is 111. The minimum atomic E-state index is -1.07. The molecule has 0 amide bonds. The van der Waals surface area contributed by atoms with Crippen molar-refractivity contribution in [3.8, 4) is 0 Å². The van der Waals surface area contributed by atoms with Gasteiger partial charge >= 0.3 is 0 Å². The van der Waals surface area contributed by atoms with Crippen LogP contribution in [-0.2, 0) is 4.84 Å². The van der Waals surface area contributed by atoms with Gasteiger partial charge in [0, 0.05) is 12.7 Å². The summed E-state index contributed by atoms with van der Waals surface area (Å²) in [6.45, 7) is 9.34. The van der Waals surface area contributed by atoms with E-state index in [1.54, 1.807) is 7.11 Å². The number of hydrogen-bond acceptors (Lipinski definition) is 2. The highest BCUT2D eigenvalue weighted by Gasteiger charge is 2.28. The van der Waals surface area contributed by atoms with Crippen molar-refractivity contribution in [2.24, 2.45) is 0 Å². The number of hydroxylamine groups is 2. The first-order valence-electron chi connectivity index (χ1n) is 4.20. The van der Waals surface area contributed by atoms with Crippen LogP contribution in [0.15, 0.2) is 0 Å². The molecule has 0 aliphatic heterocycles. The number of nitrogens with zero attached hydrogens (tertiary/aromatic N) is 1. The Morgan fingerprint density at radius 1 is 1.36 bits per heavy atom. The normalized spacial score (nSPS) is 15.5. The minimum absolute atomic E-state index is 0.632. The lowest BCUT2D eigenvalue weighted by Gasteiger charge is -2.34. The van der Waals surface area contributed by atoms with Gasteiger partial charge < -0.3 is 4.84 Å². The van der Waals surface area contributed by atoms with E-state index >= 15 is 0 Å². The summed E-state index contributed by atoms with van der Waals surface area (Å²) >= 11 is 0. The van der Waals surface area contributed by atoms with Gasteiger partial charge in [0.15, 0.2) is 0 Å². The van der Waals surface area contributed by atoms with Crippen LogP contribution in [0.25, 0.3) is 0 Å². The van der Waals surface area contributed by atoms with Crippen LogP contribution in [0.2, 0.25) is 19.6 Å². The van der Waals surface area contributed by atoms with Gasteiger partial charge in [-0.2, -0.15) is 5.06 Å². The second-order valence-corrected chi connectivity index (χ2v) is 9.42. The molecule has 68 valence electrons. The smallest absolute Gasteiger partial charge is 0.0669 e. The predicted molar refractivity (Wildman–Crippen MR) is 52.2 cm³/mol. The summed E-state index contributed by atoms with van der Waals surface area (Å²) in [6, 6.07) is 0. The van der Waals surface area contributed by atoms with Crippen LogP contribution in [0.3, 0.4) is 0 Å². The average molecular weight is 175 g/mol. The molecule has 0 fully saturated rings. The standard InChI is InChI=1S/C8H21NOSi/c1-7-8(9(2)10-3)11(4,5)6/h8H,7H2,1-6H3. The van der Waals surface area contributed by atoms with Crippen molar-refractivity contribution in [2.75, 3.05) is 14.2 Å². The first kappa shape index (κ1) is 11.1. The van der Waals surface area contributed by atoms with Gasteiger partial charge in [-0.15, -0.1) is 0 Å². The van der Waals surface area contributed by atoms with Crippen LogP contribution in [-0.4, -0.2) is 33.0 Å². The molecule has 0 aromatic carbocycles. The first-order valence-corrected chi connectivity index (χ1v) is 7.78. The molecule has 0 radical (unpaired) electrons. The number of rotatable bonds is 4. The molecule has 2 nitrogen and oxygen atoms in total. The summed E-state index contributed by atoms with van der Waals surface area (Å²) in [5, 5.41) is 1.99. The van der Waals surface area contributed by atoms with Crippen LogP contribution in [0, 0.1) is 0 Å². The maximum atomic E-state index is 5.20. The number of hydrogen-bond donors (Lipinski definition) is 0. The van der Waals surface area contributed by atoms with Crippen molar-refractivity contribution in [1.82, 2.24) is 5.06 Å². The van der Waals surface area contributed by atoms with Gasteiger partial charge in [-0.05, 0) is 6.42 Å². The van der Waals surface area contributed by atoms with Gasteiger partial charge in [0.1, 0.15) is 0 Å². The van der Waals surface area contributed by atoms with Gasteiger partial charge in [-0.3, -0.25) is 0 Å². The average Bonchev–Trinajstić information content (AvgIpc) is 1.86. The molecule has 0 bridgehead atoms. The van der Waals surface area contributed by atoms with E-state index in [4.69, 9.17) is 4.84 Å². The summed E-state index contributed by atoms with van der Waals surface area (Å²) in [7, 11) is 2.69. The van der Waals surface area contributed by atoms with Gasteiger partial charge in [0.2, 0.25) is 0 Å². The lowest BCUT2D eigenvalue weighted by atomic mass is 10.5. The zero-order valence-electron chi connectivity index (χ0n) is 8.64. The van der Waals surface area contributed by atoms with E-state index in [9.17, 15) is 0 Å². The van der Waals surface area contributed by atoms with Crippen molar-refractivity contribution in [2.45, 2.75) is 38.7 Å². The van der Waals surface area contributed by atoms with Crippen molar-refractivity contribution in [1.29, 1.82) is 0 Å². The molecule has 0 heterocycles. The summed E-state index contributed by atoms with van der Waals surface area (Å²) in [4.78, 5) is 5.20. The molecule has 1 unspecified atom stereocenters. The van der Waals surface area contributed by atoms with E-state index in [1.807, 2.05) is 12.1 Å². The molecule has 3 heteroatoms. The largest absolute Gasteiger partial charge is 0.303 e. The van der Waals surface area contributed by atoms with Crippen LogP contribution >= 0.6 is 0 Å². The van der Waals surface area contributed by atoms with Gasteiger partial charge in [0.25, 0.3) is 0 Å². The predicted octanol–water partition coefficient (Wildman–Crippen LogP) is 2.14. The third-order valence-electron chi connectivity index (χ3n) is 2.11. The molecule has 11 heavy (non-hydrogen) atoms. The highest BCUT2D eigenvalue weighted by molar-refractivity contribution is 6.77. The topological polar surface area (TPSA) is 12.5 Å². The molecular formula is C8H21NOSi. The second kappa shape index (κ2) is 4.23. The summed E-state index contributed by atoms with van der Waals surface area (Å²) in [6.07, 6.45) is 1.18. The lowest BCUT2D eigenvalue weighted by molar-refractivity contribution is -0.123. The molecule has 0 N–H and O–H groups in total. The van der Waals surface area contributed by atoms with Crippen molar-refractivity contribution < 1.29 is 4.84 Å².